The lowest BCUT2D eigenvalue weighted by atomic mass is 10.2. The Kier molecular flexibility index (Phi) is 15.3. The fourth-order valence-corrected chi connectivity index (χ4v) is 0.692. The van der Waals surface area contributed by atoms with E-state index in [4.69, 9.17) is 0 Å². The van der Waals surface area contributed by atoms with Gasteiger partial charge in [-0.3, -0.25) is 0 Å². The molecule has 0 aliphatic carbocycles. The first-order valence-electron chi connectivity index (χ1n) is 3.55. The summed E-state index contributed by atoms with van der Waals surface area (Å²) in [5.41, 5.74) is 5.09. The lowest BCUT2D eigenvalue weighted by molar-refractivity contribution is 0.0601. The number of esters is 1. The van der Waals surface area contributed by atoms with Crippen LogP contribution < -0.4 is 5.73 Å². The predicted molar refractivity (Wildman–Crippen MR) is 61.4 cm³/mol. The molecule has 0 fully saturated rings. The molecule has 0 spiro atoms. The fraction of sp³-hybridized carbons (Fsp3) is 0.364. The normalized spacial score (nSPS) is 6.79. The molecule has 0 bridgehead atoms. The predicted octanol–water partition coefficient (Wildman–Crippen LogP) is 2.32. The molecule has 0 aliphatic heterocycles. The lowest BCUT2D eigenvalue weighted by Crippen LogP contribution is -1.99. The van der Waals surface area contributed by atoms with Gasteiger partial charge in [-0.05, 0) is 19.2 Å². The first kappa shape index (κ1) is 18.4. The van der Waals surface area contributed by atoms with E-state index in [-0.39, 0.29) is 20.8 Å². The molecule has 0 unspecified atom stereocenters. The molecule has 2 N–H and O–H groups in total. The number of carbonyl (C=O) groups is 1. The van der Waals surface area contributed by atoms with E-state index in [1.807, 2.05) is 6.07 Å². The number of benzene rings is 1. The summed E-state index contributed by atoms with van der Waals surface area (Å²) < 4.78 is 4.50. The summed E-state index contributed by atoms with van der Waals surface area (Å²) >= 11 is 0. The summed E-state index contributed by atoms with van der Waals surface area (Å²) in [4.78, 5) is 10.8. The molecule has 82 valence electrons. The van der Waals surface area contributed by atoms with Crippen LogP contribution in [0.25, 0.3) is 0 Å². The van der Waals surface area contributed by atoms with Crippen LogP contribution in [-0.4, -0.2) is 20.1 Å². The van der Waals surface area contributed by atoms with Crippen LogP contribution in [0.3, 0.4) is 0 Å². The van der Waals surface area contributed by atoms with E-state index in [2.05, 4.69) is 10.5 Å². The Balaban J connectivity index is -0.000000284. The summed E-state index contributed by atoms with van der Waals surface area (Å²) in [7, 11) is 2.87. The molecule has 0 aliphatic rings. The average molecular weight is 199 g/mol. The summed E-state index contributed by atoms with van der Waals surface area (Å²) in [6.07, 6.45) is 0. The zero-order valence-electron chi connectivity index (χ0n) is 7.28. The molecule has 0 saturated carbocycles. The first-order valence-corrected chi connectivity index (χ1v) is 3.55. The number of carbonyl (C=O) groups excluding carboxylic acids is 1. The van der Waals surface area contributed by atoms with Gasteiger partial charge in [0, 0.05) is 0 Å². The maximum Gasteiger partial charge on any atom is 0.337 e. The standard InChI is InChI=1S/C8H8O2.CH5N.2CH4/c1-10-8(9)7-5-3-2-4-6-7;1-2;;/h2-6H,1H3;2H2,1H3;2*1H4. The van der Waals surface area contributed by atoms with Crippen LogP contribution >= 0.6 is 0 Å². The average Bonchev–Trinajstić information content (AvgIpc) is 2.21. The van der Waals surface area contributed by atoms with Crippen LogP contribution in [0, 0.1) is 0 Å². The summed E-state index contributed by atoms with van der Waals surface area (Å²) in [6.45, 7) is 0. The van der Waals surface area contributed by atoms with Gasteiger partial charge in [-0.15, -0.1) is 0 Å². The van der Waals surface area contributed by atoms with Crippen molar-refractivity contribution in [3.8, 4) is 0 Å². The number of hydrogen-bond donors (Lipinski definition) is 1. The Morgan fingerprint density at radius 1 is 1.14 bits per heavy atom. The highest BCUT2D eigenvalue weighted by Gasteiger charge is 2.00. The Morgan fingerprint density at radius 2 is 1.57 bits per heavy atom. The van der Waals surface area contributed by atoms with Gasteiger partial charge in [0.25, 0.3) is 0 Å². The molecular formula is C11H21NO2. The Hall–Kier alpha value is -1.35. The summed E-state index contributed by atoms with van der Waals surface area (Å²) in [6, 6.07) is 8.88. The van der Waals surface area contributed by atoms with E-state index in [9.17, 15) is 4.79 Å². The van der Waals surface area contributed by atoms with Crippen molar-refractivity contribution in [1.29, 1.82) is 0 Å². The molecule has 0 aromatic heterocycles. The molecular weight excluding hydrogens is 178 g/mol. The minimum absolute atomic E-state index is 0. The van der Waals surface area contributed by atoms with Crippen molar-refractivity contribution in [2.24, 2.45) is 5.73 Å². The van der Waals surface area contributed by atoms with Crippen LogP contribution in [0.15, 0.2) is 30.3 Å². The third-order valence-corrected chi connectivity index (χ3v) is 1.19. The summed E-state index contributed by atoms with van der Waals surface area (Å²) in [5, 5.41) is 0. The van der Waals surface area contributed by atoms with Crippen molar-refractivity contribution < 1.29 is 9.53 Å². The van der Waals surface area contributed by atoms with Crippen LogP contribution in [0.1, 0.15) is 25.2 Å². The third-order valence-electron chi connectivity index (χ3n) is 1.19. The lowest BCUT2D eigenvalue weighted by Gasteiger charge is -1.95. The third kappa shape index (κ3) is 6.20. The molecule has 3 nitrogen and oxygen atoms in total. The smallest absolute Gasteiger partial charge is 0.337 e. The quantitative estimate of drug-likeness (QED) is 0.706. The highest BCUT2D eigenvalue weighted by molar-refractivity contribution is 5.89. The molecule has 1 aromatic rings. The van der Waals surface area contributed by atoms with Crippen molar-refractivity contribution in [3.05, 3.63) is 35.9 Å². The molecule has 1 aromatic carbocycles. The van der Waals surface area contributed by atoms with Crippen LogP contribution in [0.4, 0.5) is 0 Å². The van der Waals surface area contributed by atoms with E-state index in [1.165, 1.54) is 14.2 Å². The van der Waals surface area contributed by atoms with E-state index >= 15 is 0 Å². The van der Waals surface area contributed by atoms with E-state index in [0.29, 0.717) is 5.56 Å². The van der Waals surface area contributed by atoms with Gasteiger partial charge < -0.3 is 10.5 Å². The van der Waals surface area contributed by atoms with Gasteiger partial charge in [0.05, 0.1) is 12.7 Å². The van der Waals surface area contributed by atoms with Gasteiger partial charge in [-0.25, -0.2) is 4.79 Å². The van der Waals surface area contributed by atoms with Gasteiger partial charge in [0.15, 0.2) is 0 Å². The topological polar surface area (TPSA) is 52.3 Å². The zero-order valence-corrected chi connectivity index (χ0v) is 7.28. The highest BCUT2D eigenvalue weighted by Crippen LogP contribution is 1.98. The van der Waals surface area contributed by atoms with Gasteiger partial charge >= 0.3 is 5.97 Å². The van der Waals surface area contributed by atoms with E-state index < -0.39 is 0 Å². The minimum atomic E-state index is -0.291. The largest absolute Gasteiger partial charge is 0.465 e. The SMILES string of the molecule is C.C.CN.COC(=O)c1ccccc1. The molecule has 0 amide bonds. The Morgan fingerprint density at radius 3 is 1.93 bits per heavy atom. The molecule has 0 atom stereocenters. The van der Waals surface area contributed by atoms with Gasteiger partial charge in [0.2, 0.25) is 0 Å². The molecule has 3 heteroatoms. The second-order valence-corrected chi connectivity index (χ2v) is 1.86. The Labute approximate surface area is 86.9 Å². The number of methoxy groups -OCH3 is 1. The second-order valence-electron chi connectivity index (χ2n) is 1.86. The number of rotatable bonds is 1. The molecule has 0 radical (unpaired) electrons. The van der Waals surface area contributed by atoms with Crippen LogP contribution in [0.5, 0.6) is 0 Å². The zero-order chi connectivity index (χ0) is 9.40. The van der Waals surface area contributed by atoms with Crippen molar-refractivity contribution in [3.63, 3.8) is 0 Å². The Bertz CT molecular complexity index is 222. The van der Waals surface area contributed by atoms with Crippen molar-refractivity contribution in [2.75, 3.05) is 14.2 Å². The van der Waals surface area contributed by atoms with Gasteiger partial charge in [0.1, 0.15) is 0 Å². The highest BCUT2D eigenvalue weighted by atomic mass is 16.5. The van der Waals surface area contributed by atoms with Gasteiger partial charge in [-0.2, -0.15) is 0 Å². The minimum Gasteiger partial charge on any atom is -0.465 e. The number of hydrogen-bond acceptors (Lipinski definition) is 3. The number of ether oxygens (including phenoxy) is 1. The fourth-order valence-electron chi connectivity index (χ4n) is 0.692. The van der Waals surface area contributed by atoms with Crippen LogP contribution in [-0.2, 0) is 4.74 Å². The van der Waals surface area contributed by atoms with Crippen molar-refractivity contribution in [1.82, 2.24) is 0 Å². The summed E-state index contributed by atoms with van der Waals surface area (Å²) in [5.74, 6) is -0.291. The molecule has 0 heterocycles. The number of nitrogens with two attached hydrogens (primary N) is 1. The van der Waals surface area contributed by atoms with Crippen molar-refractivity contribution in [2.45, 2.75) is 14.9 Å². The molecule has 1 rings (SSSR count). The first-order chi connectivity index (χ1) is 5.84. The van der Waals surface area contributed by atoms with E-state index in [1.54, 1.807) is 24.3 Å². The second kappa shape index (κ2) is 11.6. The monoisotopic (exact) mass is 199 g/mol. The molecule has 0 saturated heterocycles. The van der Waals surface area contributed by atoms with E-state index in [0.717, 1.165) is 0 Å². The van der Waals surface area contributed by atoms with Crippen LogP contribution in [0.2, 0.25) is 0 Å². The van der Waals surface area contributed by atoms with Gasteiger partial charge in [-0.1, -0.05) is 33.1 Å². The maximum absolute atomic E-state index is 10.8. The maximum atomic E-state index is 10.8. The van der Waals surface area contributed by atoms with Crippen molar-refractivity contribution >= 4 is 5.97 Å². The molecule has 14 heavy (non-hydrogen) atoms.